The summed E-state index contributed by atoms with van der Waals surface area (Å²) in [6.45, 7) is 2.80. The van der Waals surface area contributed by atoms with Gasteiger partial charge in [-0.2, -0.15) is 0 Å². The monoisotopic (exact) mass is 391 g/mol. The fourth-order valence-electron chi connectivity index (χ4n) is 2.85. The molecule has 1 N–H and O–H groups in total. The summed E-state index contributed by atoms with van der Waals surface area (Å²) >= 11 is 11.8. The first kappa shape index (κ1) is 18.7. The van der Waals surface area contributed by atoms with Gasteiger partial charge < -0.3 is 10.2 Å². The second-order valence-electron chi connectivity index (χ2n) is 6.11. The lowest BCUT2D eigenvalue weighted by Crippen LogP contribution is -2.50. The van der Waals surface area contributed by atoms with Crippen molar-refractivity contribution in [3.8, 4) is 0 Å². The SMILES string of the molecule is O=C(CN1CCN(C(=O)c2ccccc2)CC1)Nc1ccc(Cl)c(Cl)c1. The number of hydrogen-bond donors (Lipinski definition) is 1. The fraction of sp³-hybridized carbons (Fsp3) is 0.263. The van der Waals surface area contributed by atoms with Gasteiger partial charge in [-0.1, -0.05) is 41.4 Å². The van der Waals surface area contributed by atoms with Crippen LogP contribution in [0.4, 0.5) is 5.69 Å². The summed E-state index contributed by atoms with van der Waals surface area (Å²) < 4.78 is 0. The molecule has 5 nitrogen and oxygen atoms in total. The van der Waals surface area contributed by atoms with Gasteiger partial charge in [-0.15, -0.1) is 0 Å². The number of rotatable bonds is 4. The van der Waals surface area contributed by atoms with Crippen LogP contribution < -0.4 is 5.32 Å². The lowest BCUT2D eigenvalue weighted by Gasteiger charge is -2.34. The molecule has 1 fully saturated rings. The van der Waals surface area contributed by atoms with Crippen LogP contribution in [0, 0.1) is 0 Å². The number of anilines is 1. The smallest absolute Gasteiger partial charge is 0.253 e. The highest BCUT2D eigenvalue weighted by atomic mass is 35.5. The molecule has 0 atom stereocenters. The second kappa shape index (κ2) is 8.54. The fourth-order valence-corrected chi connectivity index (χ4v) is 3.15. The Labute approximate surface area is 162 Å². The molecule has 1 aliphatic rings. The van der Waals surface area contributed by atoms with Crippen molar-refractivity contribution in [2.75, 3.05) is 38.0 Å². The van der Waals surface area contributed by atoms with Crippen molar-refractivity contribution in [3.05, 3.63) is 64.1 Å². The molecule has 1 saturated heterocycles. The Kier molecular flexibility index (Phi) is 6.14. The first-order valence-corrected chi connectivity index (χ1v) is 9.10. The summed E-state index contributed by atoms with van der Waals surface area (Å²) in [6, 6.07) is 14.2. The zero-order valence-electron chi connectivity index (χ0n) is 14.1. The quantitative estimate of drug-likeness (QED) is 0.868. The number of amides is 2. The van der Waals surface area contributed by atoms with Crippen LogP contribution in [0.1, 0.15) is 10.4 Å². The normalized spacial score (nSPS) is 14.9. The highest BCUT2D eigenvalue weighted by molar-refractivity contribution is 6.42. The average molecular weight is 392 g/mol. The Hall–Kier alpha value is -2.08. The standard InChI is InChI=1S/C19H19Cl2N3O2/c20-16-7-6-15(12-17(16)21)22-18(25)13-23-8-10-24(11-9-23)19(26)14-4-2-1-3-5-14/h1-7,12H,8-11,13H2,(H,22,25). The van der Waals surface area contributed by atoms with Crippen molar-refractivity contribution in [3.63, 3.8) is 0 Å². The molecule has 1 heterocycles. The molecule has 7 heteroatoms. The largest absolute Gasteiger partial charge is 0.336 e. The van der Waals surface area contributed by atoms with Crippen molar-refractivity contribution in [1.29, 1.82) is 0 Å². The van der Waals surface area contributed by atoms with Gasteiger partial charge in [-0.05, 0) is 30.3 Å². The van der Waals surface area contributed by atoms with E-state index in [1.807, 2.05) is 40.1 Å². The summed E-state index contributed by atoms with van der Waals surface area (Å²) in [6.07, 6.45) is 0. The van der Waals surface area contributed by atoms with E-state index in [1.54, 1.807) is 18.2 Å². The lowest BCUT2D eigenvalue weighted by molar-refractivity contribution is -0.117. The Bertz CT molecular complexity index is 791. The molecule has 26 heavy (non-hydrogen) atoms. The molecular weight excluding hydrogens is 373 g/mol. The molecule has 0 aliphatic carbocycles. The summed E-state index contributed by atoms with van der Waals surface area (Å²) in [5.74, 6) is -0.0864. The Morgan fingerprint density at radius 2 is 1.62 bits per heavy atom. The summed E-state index contributed by atoms with van der Waals surface area (Å²) in [5.41, 5.74) is 1.31. The van der Waals surface area contributed by atoms with Crippen molar-refractivity contribution in [2.24, 2.45) is 0 Å². The Balaban J connectivity index is 1.48. The van der Waals surface area contributed by atoms with Gasteiger partial charge in [0.2, 0.25) is 5.91 Å². The Morgan fingerprint density at radius 1 is 0.923 bits per heavy atom. The third-order valence-corrected chi connectivity index (χ3v) is 4.99. The van der Waals surface area contributed by atoms with Crippen LogP contribution in [0.25, 0.3) is 0 Å². The number of carbonyl (C=O) groups is 2. The molecule has 2 aromatic carbocycles. The minimum absolute atomic E-state index is 0.0329. The topological polar surface area (TPSA) is 52.7 Å². The number of nitrogens with zero attached hydrogens (tertiary/aromatic N) is 2. The maximum absolute atomic E-state index is 12.4. The predicted molar refractivity (Wildman–Crippen MR) is 104 cm³/mol. The highest BCUT2D eigenvalue weighted by Crippen LogP contribution is 2.25. The van der Waals surface area contributed by atoms with Gasteiger partial charge in [0.1, 0.15) is 0 Å². The molecular formula is C19H19Cl2N3O2. The first-order valence-electron chi connectivity index (χ1n) is 8.34. The summed E-state index contributed by atoms with van der Waals surface area (Å²) in [7, 11) is 0. The third-order valence-electron chi connectivity index (χ3n) is 4.25. The first-order chi connectivity index (χ1) is 12.5. The van der Waals surface area contributed by atoms with Gasteiger partial charge in [0.15, 0.2) is 0 Å². The molecule has 0 spiro atoms. The van der Waals surface area contributed by atoms with E-state index in [1.165, 1.54) is 0 Å². The zero-order valence-corrected chi connectivity index (χ0v) is 15.6. The van der Waals surface area contributed by atoms with Gasteiger partial charge >= 0.3 is 0 Å². The zero-order chi connectivity index (χ0) is 18.5. The predicted octanol–water partition coefficient (Wildman–Crippen LogP) is 3.39. The van der Waals surface area contributed by atoms with Crippen LogP contribution in [-0.4, -0.2) is 54.3 Å². The van der Waals surface area contributed by atoms with Gasteiger partial charge in [-0.3, -0.25) is 14.5 Å². The van der Waals surface area contributed by atoms with Gasteiger partial charge in [-0.25, -0.2) is 0 Å². The van der Waals surface area contributed by atoms with E-state index in [4.69, 9.17) is 23.2 Å². The maximum atomic E-state index is 12.4. The Morgan fingerprint density at radius 3 is 2.27 bits per heavy atom. The molecule has 136 valence electrons. The molecule has 1 aliphatic heterocycles. The van der Waals surface area contributed by atoms with Crippen molar-refractivity contribution < 1.29 is 9.59 Å². The molecule has 0 aromatic heterocycles. The van der Waals surface area contributed by atoms with Crippen LogP contribution in [0.5, 0.6) is 0 Å². The lowest BCUT2D eigenvalue weighted by atomic mass is 10.2. The van der Waals surface area contributed by atoms with E-state index in [2.05, 4.69) is 5.32 Å². The number of carbonyl (C=O) groups excluding carboxylic acids is 2. The summed E-state index contributed by atoms with van der Waals surface area (Å²) in [4.78, 5) is 28.5. The molecule has 0 bridgehead atoms. The average Bonchev–Trinajstić information content (AvgIpc) is 2.65. The van der Waals surface area contributed by atoms with Crippen LogP contribution in [0.3, 0.4) is 0 Å². The van der Waals surface area contributed by atoms with E-state index in [-0.39, 0.29) is 18.4 Å². The molecule has 0 unspecified atom stereocenters. The molecule has 2 aromatic rings. The minimum atomic E-state index is -0.119. The maximum Gasteiger partial charge on any atom is 0.253 e. The third kappa shape index (κ3) is 4.75. The highest BCUT2D eigenvalue weighted by Gasteiger charge is 2.23. The van der Waals surface area contributed by atoms with Crippen LogP contribution >= 0.6 is 23.2 Å². The summed E-state index contributed by atoms with van der Waals surface area (Å²) in [5, 5.41) is 3.66. The van der Waals surface area contributed by atoms with E-state index >= 15 is 0 Å². The molecule has 0 radical (unpaired) electrons. The van der Waals surface area contributed by atoms with Gasteiger partial charge in [0.25, 0.3) is 5.91 Å². The number of hydrogen-bond acceptors (Lipinski definition) is 3. The molecule has 2 amide bonds. The van der Waals surface area contributed by atoms with E-state index in [0.717, 1.165) is 0 Å². The molecule has 0 saturated carbocycles. The van der Waals surface area contributed by atoms with Crippen LogP contribution in [-0.2, 0) is 4.79 Å². The van der Waals surface area contributed by atoms with Gasteiger partial charge in [0.05, 0.1) is 16.6 Å². The van der Waals surface area contributed by atoms with Crippen LogP contribution in [0.15, 0.2) is 48.5 Å². The van der Waals surface area contributed by atoms with Crippen molar-refractivity contribution in [2.45, 2.75) is 0 Å². The van der Waals surface area contributed by atoms with Crippen molar-refractivity contribution in [1.82, 2.24) is 9.80 Å². The van der Waals surface area contributed by atoms with Crippen molar-refractivity contribution >= 4 is 40.7 Å². The van der Waals surface area contributed by atoms with E-state index < -0.39 is 0 Å². The second-order valence-corrected chi connectivity index (χ2v) is 6.93. The van der Waals surface area contributed by atoms with E-state index in [0.29, 0.717) is 47.5 Å². The number of benzene rings is 2. The number of halogens is 2. The number of piperazine rings is 1. The van der Waals surface area contributed by atoms with Gasteiger partial charge in [0, 0.05) is 37.4 Å². The minimum Gasteiger partial charge on any atom is -0.336 e. The van der Waals surface area contributed by atoms with Crippen LogP contribution in [0.2, 0.25) is 10.0 Å². The molecule has 3 rings (SSSR count). The van der Waals surface area contributed by atoms with E-state index in [9.17, 15) is 9.59 Å². The number of nitrogens with one attached hydrogen (secondary N) is 1.